The molecule has 1 heterocycles. The summed E-state index contributed by atoms with van der Waals surface area (Å²) in [6, 6.07) is 11.9. The number of hydrogen-bond acceptors (Lipinski definition) is 3. The standard InChI is InChI=1S/C22H21F3N2O/c1-21(2)11-17-19(18(28)12-21)20(27-16-10-6-5-9-15(16)26-17)13-7-3-4-8-14(13)22(23,24)25/h3-10,20,26-27H,11-12H2,1-2H3/t20-/m1/s1. The lowest BCUT2D eigenvalue weighted by molar-refractivity contribution is -0.138. The molecule has 2 aromatic carbocycles. The van der Waals surface area contributed by atoms with Crippen LogP contribution in [-0.4, -0.2) is 5.78 Å². The van der Waals surface area contributed by atoms with E-state index in [9.17, 15) is 18.0 Å². The van der Waals surface area contributed by atoms with Gasteiger partial charge in [0.15, 0.2) is 5.78 Å². The van der Waals surface area contributed by atoms with E-state index in [0.717, 1.165) is 11.8 Å². The second kappa shape index (κ2) is 6.40. The van der Waals surface area contributed by atoms with E-state index in [-0.39, 0.29) is 16.8 Å². The zero-order chi connectivity index (χ0) is 20.1. The number of halogens is 3. The zero-order valence-electron chi connectivity index (χ0n) is 15.7. The molecular formula is C22H21F3N2O. The Bertz CT molecular complexity index is 976. The van der Waals surface area contributed by atoms with Gasteiger partial charge < -0.3 is 10.6 Å². The number of hydrogen-bond donors (Lipinski definition) is 2. The quantitative estimate of drug-likeness (QED) is 0.638. The average Bonchev–Trinajstić information content (AvgIpc) is 2.76. The van der Waals surface area contributed by atoms with Gasteiger partial charge in [0, 0.05) is 17.7 Å². The smallest absolute Gasteiger partial charge is 0.372 e. The maximum absolute atomic E-state index is 13.7. The highest BCUT2D eigenvalue weighted by molar-refractivity contribution is 6.01. The summed E-state index contributed by atoms with van der Waals surface area (Å²) in [6.45, 7) is 4.00. The van der Waals surface area contributed by atoms with E-state index in [0.29, 0.717) is 29.8 Å². The molecule has 2 aromatic rings. The summed E-state index contributed by atoms with van der Waals surface area (Å²) in [5.74, 6) is -0.124. The minimum Gasteiger partial charge on any atom is -0.372 e. The molecule has 4 rings (SSSR count). The average molecular weight is 386 g/mol. The molecule has 0 spiro atoms. The van der Waals surface area contributed by atoms with Crippen molar-refractivity contribution in [3.05, 3.63) is 70.9 Å². The van der Waals surface area contributed by atoms with Gasteiger partial charge in [0.2, 0.25) is 0 Å². The van der Waals surface area contributed by atoms with Crippen molar-refractivity contribution in [1.82, 2.24) is 0 Å². The van der Waals surface area contributed by atoms with Crippen LogP contribution in [0.5, 0.6) is 0 Å². The highest BCUT2D eigenvalue weighted by Crippen LogP contribution is 2.47. The van der Waals surface area contributed by atoms with Crippen molar-refractivity contribution in [3.63, 3.8) is 0 Å². The van der Waals surface area contributed by atoms with Gasteiger partial charge in [-0.05, 0) is 35.6 Å². The number of carbonyl (C=O) groups excluding carboxylic acids is 1. The number of para-hydroxylation sites is 2. The van der Waals surface area contributed by atoms with E-state index < -0.39 is 17.8 Å². The minimum atomic E-state index is -4.50. The van der Waals surface area contributed by atoms with E-state index >= 15 is 0 Å². The van der Waals surface area contributed by atoms with Crippen molar-refractivity contribution in [2.75, 3.05) is 10.6 Å². The van der Waals surface area contributed by atoms with Gasteiger partial charge >= 0.3 is 6.18 Å². The van der Waals surface area contributed by atoms with Gasteiger partial charge in [-0.3, -0.25) is 4.79 Å². The summed E-state index contributed by atoms with van der Waals surface area (Å²) >= 11 is 0. The first kappa shape index (κ1) is 18.6. The molecule has 28 heavy (non-hydrogen) atoms. The number of nitrogens with one attached hydrogen (secondary N) is 2. The third-order valence-electron chi connectivity index (χ3n) is 5.30. The maximum Gasteiger partial charge on any atom is 0.416 e. The van der Waals surface area contributed by atoms with Crippen LogP contribution in [0.3, 0.4) is 0 Å². The number of rotatable bonds is 1. The topological polar surface area (TPSA) is 41.1 Å². The van der Waals surface area contributed by atoms with Crippen LogP contribution in [-0.2, 0) is 11.0 Å². The Hall–Kier alpha value is -2.76. The Balaban J connectivity index is 1.94. The Labute approximate surface area is 161 Å². The lowest BCUT2D eigenvalue weighted by Crippen LogP contribution is -2.32. The summed E-state index contributed by atoms with van der Waals surface area (Å²) in [5, 5.41) is 6.52. The van der Waals surface area contributed by atoms with E-state index in [1.807, 2.05) is 32.0 Å². The number of fused-ring (bicyclic) bond motifs is 1. The fourth-order valence-electron chi connectivity index (χ4n) is 4.13. The Morgan fingerprint density at radius 2 is 1.61 bits per heavy atom. The van der Waals surface area contributed by atoms with E-state index in [1.165, 1.54) is 12.1 Å². The summed E-state index contributed by atoms with van der Waals surface area (Å²) in [6.07, 6.45) is -3.61. The molecule has 0 saturated carbocycles. The third-order valence-corrected chi connectivity index (χ3v) is 5.30. The van der Waals surface area contributed by atoms with Crippen molar-refractivity contribution in [3.8, 4) is 0 Å². The van der Waals surface area contributed by atoms with Crippen LogP contribution in [0.15, 0.2) is 59.8 Å². The first-order valence-electron chi connectivity index (χ1n) is 9.21. The normalized spacial score (nSPS) is 21.2. The largest absolute Gasteiger partial charge is 0.416 e. The van der Waals surface area contributed by atoms with Gasteiger partial charge in [0.05, 0.1) is 23.0 Å². The molecular weight excluding hydrogens is 365 g/mol. The molecule has 0 radical (unpaired) electrons. The Morgan fingerprint density at radius 3 is 2.32 bits per heavy atom. The van der Waals surface area contributed by atoms with Gasteiger partial charge in [-0.15, -0.1) is 0 Å². The summed E-state index contributed by atoms with van der Waals surface area (Å²) in [5.41, 5.74) is 1.60. The monoisotopic (exact) mass is 386 g/mol. The van der Waals surface area contributed by atoms with Crippen molar-refractivity contribution >= 4 is 17.2 Å². The van der Waals surface area contributed by atoms with Crippen LogP contribution in [0.25, 0.3) is 0 Å². The minimum absolute atomic E-state index is 0.0639. The van der Waals surface area contributed by atoms with Crippen LogP contribution >= 0.6 is 0 Å². The fraction of sp³-hybridized carbons (Fsp3) is 0.318. The van der Waals surface area contributed by atoms with Crippen LogP contribution in [0.2, 0.25) is 0 Å². The lowest BCUT2D eigenvalue weighted by Gasteiger charge is -2.34. The first-order valence-corrected chi connectivity index (χ1v) is 9.21. The van der Waals surface area contributed by atoms with Crippen LogP contribution in [0, 0.1) is 5.41 Å². The SMILES string of the molecule is CC1(C)CC(=O)C2=C(C1)Nc1ccccc1N[C@@H]2c1ccccc1C(F)(F)F. The predicted molar refractivity (Wildman–Crippen MR) is 103 cm³/mol. The van der Waals surface area contributed by atoms with Crippen molar-refractivity contribution < 1.29 is 18.0 Å². The molecule has 146 valence electrons. The van der Waals surface area contributed by atoms with Crippen molar-refractivity contribution in [2.24, 2.45) is 5.41 Å². The van der Waals surface area contributed by atoms with Crippen molar-refractivity contribution in [2.45, 2.75) is 38.9 Å². The molecule has 0 aromatic heterocycles. The number of benzene rings is 2. The van der Waals surface area contributed by atoms with E-state index in [1.54, 1.807) is 12.1 Å². The molecule has 0 saturated heterocycles. The highest BCUT2D eigenvalue weighted by atomic mass is 19.4. The number of Topliss-reactive ketones (excluding diaryl/α,β-unsaturated/α-hetero) is 1. The predicted octanol–water partition coefficient (Wildman–Crippen LogP) is 5.93. The molecule has 0 fully saturated rings. The van der Waals surface area contributed by atoms with Gasteiger partial charge in [0.25, 0.3) is 0 Å². The number of carbonyl (C=O) groups is 1. The van der Waals surface area contributed by atoms with Crippen LogP contribution < -0.4 is 10.6 Å². The van der Waals surface area contributed by atoms with Gasteiger partial charge in [0.1, 0.15) is 0 Å². The van der Waals surface area contributed by atoms with Crippen LogP contribution in [0.4, 0.5) is 24.5 Å². The number of anilines is 2. The fourth-order valence-corrected chi connectivity index (χ4v) is 4.13. The molecule has 0 bridgehead atoms. The molecule has 3 nitrogen and oxygen atoms in total. The molecule has 1 aliphatic carbocycles. The molecule has 0 unspecified atom stereocenters. The third kappa shape index (κ3) is 3.28. The summed E-state index contributed by atoms with van der Waals surface area (Å²) in [7, 11) is 0. The number of alkyl halides is 3. The molecule has 2 aliphatic rings. The first-order chi connectivity index (χ1) is 13.2. The molecule has 1 aliphatic heterocycles. The van der Waals surface area contributed by atoms with Gasteiger partial charge in [-0.1, -0.05) is 44.2 Å². The molecule has 1 atom stereocenters. The van der Waals surface area contributed by atoms with Gasteiger partial charge in [-0.25, -0.2) is 0 Å². The lowest BCUT2D eigenvalue weighted by atomic mass is 9.73. The summed E-state index contributed by atoms with van der Waals surface area (Å²) < 4.78 is 41.1. The maximum atomic E-state index is 13.7. The number of allylic oxidation sites excluding steroid dienone is 1. The summed E-state index contributed by atoms with van der Waals surface area (Å²) in [4.78, 5) is 13.1. The van der Waals surface area contributed by atoms with E-state index in [4.69, 9.17) is 0 Å². The second-order valence-electron chi connectivity index (χ2n) is 8.17. The Morgan fingerprint density at radius 1 is 0.964 bits per heavy atom. The molecule has 2 N–H and O–H groups in total. The Kier molecular flexibility index (Phi) is 4.25. The van der Waals surface area contributed by atoms with Crippen LogP contribution in [0.1, 0.15) is 43.9 Å². The van der Waals surface area contributed by atoms with Gasteiger partial charge in [-0.2, -0.15) is 13.2 Å². The molecule has 6 heteroatoms. The van der Waals surface area contributed by atoms with E-state index in [2.05, 4.69) is 10.6 Å². The van der Waals surface area contributed by atoms with Crippen molar-refractivity contribution in [1.29, 1.82) is 0 Å². The highest BCUT2D eigenvalue weighted by Gasteiger charge is 2.42. The second-order valence-corrected chi connectivity index (χ2v) is 8.17. The zero-order valence-corrected chi connectivity index (χ0v) is 15.7. The number of ketones is 1. The molecule has 0 amide bonds.